The first-order chi connectivity index (χ1) is 12.0. The summed E-state index contributed by atoms with van der Waals surface area (Å²) in [5.74, 6) is -0.883. The summed E-state index contributed by atoms with van der Waals surface area (Å²) in [6.45, 7) is 7.07. The summed E-state index contributed by atoms with van der Waals surface area (Å²) in [5, 5.41) is 4.65. The maximum absolute atomic E-state index is 13.3. The van der Waals surface area contributed by atoms with Gasteiger partial charge < -0.3 is 10.6 Å². The largest absolute Gasteiger partial charge is 0.418 e. The number of halogens is 3. The summed E-state index contributed by atoms with van der Waals surface area (Å²) >= 11 is 0. The average Bonchev–Trinajstić information content (AvgIpc) is 2.46. The first-order valence-electron chi connectivity index (χ1n) is 8.41. The van der Waals surface area contributed by atoms with Gasteiger partial charge in [-0.25, -0.2) is 0 Å². The van der Waals surface area contributed by atoms with E-state index >= 15 is 0 Å². The van der Waals surface area contributed by atoms with Gasteiger partial charge in [-0.2, -0.15) is 13.2 Å². The van der Waals surface area contributed by atoms with Gasteiger partial charge in [0, 0.05) is 19.0 Å². The Labute approximate surface area is 151 Å². The van der Waals surface area contributed by atoms with Gasteiger partial charge in [0.15, 0.2) is 0 Å². The molecule has 0 saturated carbocycles. The molecule has 0 aliphatic rings. The standard InChI is InChI=1S/C19H25F3N2O2/c1-12(2)6-5-7-13(3)10-18(26)24-17-9-8-15(23-14(4)25)11-16(17)19(20,21)22/h6,8-9,11,13H,5,7,10H2,1-4H3,(H,23,25)(H,24,26). The highest BCUT2D eigenvalue weighted by Crippen LogP contribution is 2.36. The lowest BCUT2D eigenvalue weighted by molar-refractivity contribution is -0.137. The number of benzene rings is 1. The van der Waals surface area contributed by atoms with E-state index in [9.17, 15) is 22.8 Å². The van der Waals surface area contributed by atoms with Crippen molar-refractivity contribution in [2.45, 2.75) is 53.1 Å². The Bertz CT molecular complexity index is 678. The molecule has 2 N–H and O–H groups in total. The number of carbonyl (C=O) groups is 2. The molecule has 1 rings (SSSR count). The Balaban J connectivity index is 2.83. The van der Waals surface area contributed by atoms with E-state index in [4.69, 9.17) is 0 Å². The van der Waals surface area contributed by atoms with Crippen molar-refractivity contribution in [2.75, 3.05) is 10.6 Å². The minimum absolute atomic E-state index is 0.0258. The van der Waals surface area contributed by atoms with Crippen LogP contribution in [-0.4, -0.2) is 11.8 Å². The molecule has 1 unspecified atom stereocenters. The van der Waals surface area contributed by atoms with Crippen molar-refractivity contribution in [1.82, 2.24) is 0 Å². The lowest BCUT2D eigenvalue weighted by atomic mass is 10.0. The van der Waals surface area contributed by atoms with Crippen LogP contribution in [-0.2, 0) is 15.8 Å². The van der Waals surface area contributed by atoms with E-state index in [1.165, 1.54) is 18.6 Å². The Morgan fingerprint density at radius 1 is 1.15 bits per heavy atom. The van der Waals surface area contributed by atoms with E-state index in [0.29, 0.717) is 0 Å². The topological polar surface area (TPSA) is 58.2 Å². The lowest BCUT2D eigenvalue weighted by Crippen LogP contribution is -2.19. The van der Waals surface area contributed by atoms with Crippen LogP contribution in [0.25, 0.3) is 0 Å². The van der Waals surface area contributed by atoms with Gasteiger partial charge in [-0.3, -0.25) is 9.59 Å². The van der Waals surface area contributed by atoms with Crippen LogP contribution in [0, 0.1) is 5.92 Å². The predicted octanol–water partition coefficient (Wildman–Crippen LogP) is 5.37. The van der Waals surface area contributed by atoms with Crippen LogP contribution >= 0.6 is 0 Å². The van der Waals surface area contributed by atoms with Gasteiger partial charge in [0.1, 0.15) is 0 Å². The highest BCUT2D eigenvalue weighted by Gasteiger charge is 2.34. The molecule has 0 heterocycles. The molecular formula is C19H25F3N2O2. The van der Waals surface area contributed by atoms with Crippen molar-refractivity contribution in [1.29, 1.82) is 0 Å². The van der Waals surface area contributed by atoms with Crippen molar-refractivity contribution in [3.05, 3.63) is 35.4 Å². The van der Waals surface area contributed by atoms with Crippen LogP contribution in [0.5, 0.6) is 0 Å². The van der Waals surface area contributed by atoms with E-state index in [-0.39, 0.29) is 23.7 Å². The van der Waals surface area contributed by atoms with Gasteiger partial charge >= 0.3 is 6.18 Å². The van der Waals surface area contributed by atoms with Crippen LogP contribution in [0.4, 0.5) is 24.5 Å². The van der Waals surface area contributed by atoms with Gasteiger partial charge in [0.25, 0.3) is 0 Å². The van der Waals surface area contributed by atoms with Crippen LogP contribution in [0.3, 0.4) is 0 Å². The van der Waals surface area contributed by atoms with Crippen molar-refractivity contribution < 1.29 is 22.8 Å². The molecular weight excluding hydrogens is 345 g/mol. The molecule has 0 fully saturated rings. The third kappa shape index (κ3) is 7.72. The lowest BCUT2D eigenvalue weighted by Gasteiger charge is -2.16. The number of hydrogen-bond donors (Lipinski definition) is 2. The normalized spacial score (nSPS) is 12.3. The maximum atomic E-state index is 13.3. The van der Waals surface area contributed by atoms with Crippen molar-refractivity contribution in [3.8, 4) is 0 Å². The number of rotatable bonds is 7. The minimum atomic E-state index is -4.65. The molecule has 0 aromatic heterocycles. The van der Waals surface area contributed by atoms with Gasteiger partial charge in [-0.15, -0.1) is 0 Å². The van der Waals surface area contributed by atoms with Crippen molar-refractivity contribution in [2.24, 2.45) is 5.92 Å². The summed E-state index contributed by atoms with van der Waals surface area (Å²) in [4.78, 5) is 23.1. The Hall–Kier alpha value is -2.31. The number of anilines is 2. The monoisotopic (exact) mass is 370 g/mol. The predicted molar refractivity (Wildman–Crippen MR) is 96.8 cm³/mol. The second-order valence-corrected chi connectivity index (χ2v) is 6.66. The summed E-state index contributed by atoms with van der Waals surface area (Å²) < 4.78 is 39.8. The highest BCUT2D eigenvalue weighted by molar-refractivity contribution is 5.93. The minimum Gasteiger partial charge on any atom is -0.326 e. The second-order valence-electron chi connectivity index (χ2n) is 6.66. The van der Waals surface area contributed by atoms with E-state index in [0.717, 1.165) is 25.0 Å². The molecule has 1 aromatic rings. The van der Waals surface area contributed by atoms with Crippen LogP contribution in [0.15, 0.2) is 29.8 Å². The van der Waals surface area contributed by atoms with Crippen molar-refractivity contribution >= 4 is 23.2 Å². The zero-order chi connectivity index (χ0) is 19.9. The smallest absolute Gasteiger partial charge is 0.326 e. The molecule has 0 saturated heterocycles. The van der Waals surface area contributed by atoms with E-state index < -0.39 is 23.6 Å². The number of alkyl halides is 3. The summed E-state index contributed by atoms with van der Waals surface area (Å²) in [6.07, 6.45) is -0.827. The Morgan fingerprint density at radius 3 is 2.35 bits per heavy atom. The van der Waals surface area contributed by atoms with Gasteiger partial charge in [0.2, 0.25) is 11.8 Å². The van der Waals surface area contributed by atoms with Crippen LogP contribution in [0.2, 0.25) is 0 Å². The van der Waals surface area contributed by atoms with E-state index in [2.05, 4.69) is 16.7 Å². The number of allylic oxidation sites excluding steroid dienone is 2. The molecule has 0 bridgehead atoms. The molecule has 1 atom stereocenters. The van der Waals surface area contributed by atoms with E-state index in [1.54, 1.807) is 0 Å². The van der Waals surface area contributed by atoms with Gasteiger partial charge in [-0.05, 0) is 50.8 Å². The summed E-state index contributed by atoms with van der Waals surface area (Å²) in [6, 6.07) is 3.29. The van der Waals surface area contributed by atoms with Gasteiger partial charge in [0.05, 0.1) is 11.3 Å². The van der Waals surface area contributed by atoms with Gasteiger partial charge in [-0.1, -0.05) is 18.6 Å². The molecule has 0 aliphatic carbocycles. The first-order valence-corrected chi connectivity index (χ1v) is 8.41. The zero-order valence-electron chi connectivity index (χ0n) is 15.5. The number of carbonyl (C=O) groups excluding carboxylic acids is 2. The fourth-order valence-electron chi connectivity index (χ4n) is 2.45. The Kier molecular flexibility index (Phi) is 7.86. The molecule has 144 valence electrons. The average molecular weight is 370 g/mol. The summed E-state index contributed by atoms with van der Waals surface area (Å²) in [5.41, 5.74) is -0.0870. The van der Waals surface area contributed by atoms with Crippen molar-refractivity contribution in [3.63, 3.8) is 0 Å². The number of hydrogen-bond acceptors (Lipinski definition) is 2. The summed E-state index contributed by atoms with van der Waals surface area (Å²) in [7, 11) is 0. The molecule has 7 heteroatoms. The molecule has 2 amide bonds. The molecule has 0 radical (unpaired) electrons. The molecule has 0 aliphatic heterocycles. The zero-order valence-corrected chi connectivity index (χ0v) is 15.5. The molecule has 0 spiro atoms. The molecule has 4 nitrogen and oxygen atoms in total. The van der Waals surface area contributed by atoms with E-state index in [1.807, 2.05) is 20.8 Å². The van der Waals surface area contributed by atoms with Crippen LogP contribution < -0.4 is 10.6 Å². The molecule has 26 heavy (non-hydrogen) atoms. The van der Waals surface area contributed by atoms with Crippen LogP contribution in [0.1, 0.15) is 52.5 Å². The number of nitrogens with one attached hydrogen (secondary N) is 2. The highest BCUT2D eigenvalue weighted by atomic mass is 19.4. The number of amides is 2. The Morgan fingerprint density at radius 2 is 1.81 bits per heavy atom. The second kappa shape index (κ2) is 9.40. The quantitative estimate of drug-likeness (QED) is 0.634. The third-order valence-electron chi connectivity index (χ3n) is 3.67. The maximum Gasteiger partial charge on any atom is 0.418 e. The first kappa shape index (κ1) is 21.7. The SMILES string of the molecule is CC(=O)Nc1ccc(NC(=O)CC(C)CCC=C(C)C)c(C(F)(F)F)c1. The third-order valence-corrected chi connectivity index (χ3v) is 3.67. The fraction of sp³-hybridized carbons (Fsp3) is 0.474. The fourth-order valence-corrected chi connectivity index (χ4v) is 2.45. The molecule has 1 aromatic carbocycles.